The van der Waals surface area contributed by atoms with Crippen LogP contribution in [0.5, 0.6) is 0 Å². The maximum Gasteiger partial charge on any atom is 0.256 e. The van der Waals surface area contributed by atoms with Crippen LogP contribution in [0.15, 0.2) is 42.7 Å². The lowest BCUT2D eigenvalue weighted by atomic mass is 10.0. The number of hydrogen-bond acceptors (Lipinski definition) is 2. The highest BCUT2D eigenvalue weighted by molar-refractivity contribution is 5.97. The van der Waals surface area contributed by atoms with Gasteiger partial charge in [0.15, 0.2) is 0 Å². The van der Waals surface area contributed by atoms with Gasteiger partial charge in [0, 0.05) is 18.1 Å². The molecule has 0 spiro atoms. The second kappa shape index (κ2) is 5.33. The molecule has 1 aliphatic rings. The Labute approximate surface area is 122 Å². The van der Waals surface area contributed by atoms with Crippen LogP contribution in [0.3, 0.4) is 0 Å². The Morgan fingerprint density at radius 2 is 1.90 bits per heavy atom. The Morgan fingerprint density at radius 3 is 2.57 bits per heavy atom. The van der Waals surface area contributed by atoms with Crippen LogP contribution in [-0.4, -0.2) is 21.2 Å². The molecule has 3 rings (SSSR count). The topological polar surface area (TPSA) is 54.3 Å². The molecule has 1 fully saturated rings. The number of hydrogen-bond donors (Lipinski definition) is 2. The molecule has 2 aromatic rings. The number of anilines is 1. The van der Waals surface area contributed by atoms with Gasteiger partial charge in [0.05, 0.1) is 5.69 Å². The standard InChI is InChI=1S/C16H17FN2O2/c17-13-6-5-12(19-9-3-4-10-19)11-14(13)18-15(20)16(21)7-1-2-8-16/h3-6,9-11,21H,1-2,7-8H2,(H,18,20). The fourth-order valence-corrected chi connectivity index (χ4v) is 2.70. The lowest BCUT2D eigenvalue weighted by molar-refractivity contribution is -0.133. The molecule has 2 N–H and O–H groups in total. The summed E-state index contributed by atoms with van der Waals surface area (Å²) >= 11 is 0. The van der Waals surface area contributed by atoms with Crippen molar-refractivity contribution in [2.45, 2.75) is 31.3 Å². The third-order valence-corrected chi connectivity index (χ3v) is 3.95. The highest BCUT2D eigenvalue weighted by atomic mass is 19.1. The summed E-state index contributed by atoms with van der Waals surface area (Å²) in [6, 6.07) is 8.23. The molecule has 1 heterocycles. The normalized spacial score (nSPS) is 16.9. The molecule has 1 aliphatic carbocycles. The van der Waals surface area contributed by atoms with Gasteiger partial charge < -0.3 is 15.0 Å². The Morgan fingerprint density at radius 1 is 1.24 bits per heavy atom. The molecular formula is C16H17FN2O2. The van der Waals surface area contributed by atoms with Crippen molar-refractivity contribution in [1.82, 2.24) is 4.57 Å². The number of carbonyl (C=O) groups excluding carboxylic acids is 1. The summed E-state index contributed by atoms with van der Waals surface area (Å²) in [7, 11) is 0. The molecule has 0 unspecified atom stereocenters. The second-order valence-electron chi connectivity index (χ2n) is 5.45. The molecule has 0 atom stereocenters. The molecule has 0 radical (unpaired) electrons. The minimum Gasteiger partial charge on any atom is -0.380 e. The van der Waals surface area contributed by atoms with E-state index < -0.39 is 17.3 Å². The molecule has 0 saturated heterocycles. The summed E-state index contributed by atoms with van der Waals surface area (Å²) < 4.78 is 15.7. The molecule has 4 nitrogen and oxygen atoms in total. The summed E-state index contributed by atoms with van der Waals surface area (Å²) in [5.41, 5.74) is -0.530. The average molecular weight is 288 g/mol. The van der Waals surface area contributed by atoms with Gasteiger partial charge in [0.25, 0.3) is 5.91 Å². The summed E-state index contributed by atoms with van der Waals surface area (Å²) in [6.07, 6.45) is 6.16. The molecule has 5 heteroatoms. The predicted molar refractivity (Wildman–Crippen MR) is 77.8 cm³/mol. The first kappa shape index (κ1) is 13.8. The predicted octanol–water partition coefficient (Wildman–Crippen LogP) is 2.86. The van der Waals surface area contributed by atoms with E-state index in [0.717, 1.165) is 18.5 Å². The van der Waals surface area contributed by atoms with Crippen LogP contribution >= 0.6 is 0 Å². The highest BCUT2D eigenvalue weighted by Gasteiger charge is 2.39. The fraction of sp³-hybridized carbons (Fsp3) is 0.312. The molecule has 21 heavy (non-hydrogen) atoms. The van der Waals surface area contributed by atoms with E-state index in [-0.39, 0.29) is 5.69 Å². The van der Waals surface area contributed by atoms with Crippen molar-refractivity contribution in [2.75, 3.05) is 5.32 Å². The number of halogens is 1. The largest absolute Gasteiger partial charge is 0.380 e. The number of aromatic nitrogens is 1. The van der Waals surface area contributed by atoms with Gasteiger partial charge in [0.1, 0.15) is 11.4 Å². The zero-order valence-electron chi connectivity index (χ0n) is 11.6. The Hall–Kier alpha value is -2.14. The van der Waals surface area contributed by atoms with Crippen LogP contribution in [0.25, 0.3) is 5.69 Å². The minimum absolute atomic E-state index is 0.0894. The van der Waals surface area contributed by atoms with Crippen LogP contribution < -0.4 is 5.32 Å². The molecule has 1 aromatic carbocycles. The summed E-state index contributed by atoms with van der Waals surface area (Å²) in [5, 5.41) is 12.7. The van der Waals surface area contributed by atoms with Gasteiger partial charge in [-0.05, 0) is 56.0 Å². The van der Waals surface area contributed by atoms with E-state index in [0.29, 0.717) is 12.8 Å². The van der Waals surface area contributed by atoms with Crippen LogP contribution in [-0.2, 0) is 4.79 Å². The van der Waals surface area contributed by atoms with Crippen molar-refractivity contribution in [3.05, 3.63) is 48.5 Å². The van der Waals surface area contributed by atoms with Crippen LogP contribution in [0, 0.1) is 5.82 Å². The summed E-state index contributed by atoms with van der Waals surface area (Å²) in [4.78, 5) is 12.2. The van der Waals surface area contributed by atoms with E-state index in [1.54, 1.807) is 12.1 Å². The van der Waals surface area contributed by atoms with Gasteiger partial charge in [-0.1, -0.05) is 0 Å². The summed E-state index contributed by atoms with van der Waals surface area (Å²) in [5.74, 6) is -1.04. The minimum atomic E-state index is -1.37. The quantitative estimate of drug-likeness (QED) is 0.912. The third kappa shape index (κ3) is 2.69. The van der Waals surface area contributed by atoms with Gasteiger partial charge in [-0.25, -0.2) is 4.39 Å². The van der Waals surface area contributed by atoms with E-state index >= 15 is 0 Å². The number of rotatable bonds is 3. The van der Waals surface area contributed by atoms with E-state index in [1.165, 1.54) is 6.07 Å². The number of benzene rings is 1. The third-order valence-electron chi connectivity index (χ3n) is 3.95. The molecule has 1 aromatic heterocycles. The Bertz CT molecular complexity index is 646. The number of amides is 1. The molecule has 0 bridgehead atoms. The number of carbonyl (C=O) groups is 1. The van der Waals surface area contributed by atoms with Crippen LogP contribution in [0.2, 0.25) is 0 Å². The first-order chi connectivity index (χ1) is 10.1. The Kier molecular flexibility index (Phi) is 3.51. The van der Waals surface area contributed by atoms with Crippen molar-refractivity contribution in [1.29, 1.82) is 0 Å². The fourth-order valence-electron chi connectivity index (χ4n) is 2.70. The van der Waals surface area contributed by atoms with E-state index in [9.17, 15) is 14.3 Å². The first-order valence-corrected chi connectivity index (χ1v) is 7.05. The van der Waals surface area contributed by atoms with Gasteiger partial charge in [-0.15, -0.1) is 0 Å². The Balaban J connectivity index is 1.85. The van der Waals surface area contributed by atoms with Crippen molar-refractivity contribution < 1.29 is 14.3 Å². The zero-order chi connectivity index (χ0) is 14.9. The van der Waals surface area contributed by atoms with Crippen molar-refractivity contribution in [3.63, 3.8) is 0 Å². The molecule has 1 amide bonds. The zero-order valence-corrected chi connectivity index (χ0v) is 11.6. The lowest BCUT2D eigenvalue weighted by Gasteiger charge is -2.21. The monoisotopic (exact) mass is 288 g/mol. The molecule has 1 saturated carbocycles. The van der Waals surface area contributed by atoms with Gasteiger partial charge in [-0.3, -0.25) is 4.79 Å². The number of aliphatic hydroxyl groups is 1. The van der Waals surface area contributed by atoms with Crippen molar-refractivity contribution in [3.8, 4) is 5.69 Å². The van der Waals surface area contributed by atoms with E-state index in [2.05, 4.69) is 5.32 Å². The van der Waals surface area contributed by atoms with E-state index in [1.807, 2.05) is 29.1 Å². The number of nitrogens with zero attached hydrogens (tertiary/aromatic N) is 1. The maximum absolute atomic E-state index is 13.9. The molecule has 110 valence electrons. The average Bonchev–Trinajstić information content (AvgIpc) is 3.13. The molecular weight excluding hydrogens is 271 g/mol. The van der Waals surface area contributed by atoms with Gasteiger partial charge >= 0.3 is 0 Å². The first-order valence-electron chi connectivity index (χ1n) is 7.05. The SMILES string of the molecule is O=C(Nc1cc(-n2cccc2)ccc1F)C1(O)CCCC1. The van der Waals surface area contributed by atoms with Gasteiger partial charge in [-0.2, -0.15) is 0 Å². The van der Waals surface area contributed by atoms with Crippen molar-refractivity contribution >= 4 is 11.6 Å². The number of nitrogens with one attached hydrogen (secondary N) is 1. The smallest absolute Gasteiger partial charge is 0.256 e. The molecule has 0 aliphatic heterocycles. The lowest BCUT2D eigenvalue weighted by Crippen LogP contribution is -2.40. The maximum atomic E-state index is 13.9. The second-order valence-corrected chi connectivity index (χ2v) is 5.45. The van der Waals surface area contributed by atoms with Crippen LogP contribution in [0.1, 0.15) is 25.7 Å². The van der Waals surface area contributed by atoms with Gasteiger partial charge in [0.2, 0.25) is 0 Å². The van der Waals surface area contributed by atoms with Crippen LogP contribution in [0.4, 0.5) is 10.1 Å². The summed E-state index contributed by atoms with van der Waals surface area (Å²) in [6.45, 7) is 0. The van der Waals surface area contributed by atoms with E-state index in [4.69, 9.17) is 0 Å². The highest BCUT2D eigenvalue weighted by Crippen LogP contribution is 2.31. The van der Waals surface area contributed by atoms with Crippen molar-refractivity contribution in [2.24, 2.45) is 0 Å².